The Hall–Kier alpha value is -2.21. The molecule has 0 aliphatic rings. The molecule has 0 aliphatic carbocycles. The van der Waals surface area contributed by atoms with Crippen LogP contribution in [0, 0.1) is 5.82 Å². The molecule has 0 unspecified atom stereocenters. The summed E-state index contributed by atoms with van der Waals surface area (Å²) in [7, 11) is -3.46. The Balaban J connectivity index is 2.01. The summed E-state index contributed by atoms with van der Waals surface area (Å²) in [6.45, 7) is 2.07. The van der Waals surface area contributed by atoms with Crippen molar-refractivity contribution in [2.75, 3.05) is 11.6 Å². The molecule has 0 saturated carbocycles. The van der Waals surface area contributed by atoms with Gasteiger partial charge in [-0.15, -0.1) is 0 Å². The maximum atomic E-state index is 13.8. The molecule has 2 rings (SSSR count). The number of amides is 1. The molecular weight excluding hydrogens is 329 g/mol. The molecule has 6 heteroatoms. The summed E-state index contributed by atoms with van der Waals surface area (Å²) in [6, 6.07) is 11.3. The molecule has 4 nitrogen and oxygen atoms in total. The Bertz CT molecular complexity index is 830. The summed E-state index contributed by atoms with van der Waals surface area (Å²) < 4.78 is 36.8. The minimum atomic E-state index is -3.46. The lowest BCUT2D eigenvalue weighted by atomic mass is 10.1. The minimum Gasteiger partial charge on any atom is -0.324 e. The normalized spacial score (nSPS) is 11.3. The van der Waals surface area contributed by atoms with E-state index in [2.05, 4.69) is 12.2 Å². The van der Waals surface area contributed by atoms with Gasteiger partial charge in [-0.05, 0) is 42.2 Å². The van der Waals surface area contributed by atoms with Crippen LogP contribution in [0.2, 0.25) is 0 Å². The van der Waals surface area contributed by atoms with Gasteiger partial charge < -0.3 is 5.32 Å². The lowest BCUT2D eigenvalue weighted by Gasteiger charge is -2.08. The van der Waals surface area contributed by atoms with Crippen molar-refractivity contribution in [2.45, 2.75) is 31.1 Å². The van der Waals surface area contributed by atoms with E-state index < -0.39 is 15.7 Å². The Labute approximate surface area is 141 Å². The average Bonchev–Trinajstić information content (AvgIpc) is 2.54. The maximum Gasteiger partial charge on any atom is 0.224 e. The van der Waals surface area contributed by atoms with Crippen LogP contribution in [-0.4, -0.2) is 20.6 Å². The van der Waals surface area contributed by atoms with Crippen molar-refractivity contribution in [3.05, 3.63) is 59.4 Å². The van der Waals surface area contributed by atoms with Crippen LogP contribution in [0.25, 0.3) is 0 Å². The van der Waals surface area contributed by atoms with Gasteiger partial charge in [0.05, 0.1) is 10.6 Å². The summed E-state index contributed by atoms with van der Waals surface area (Å²) in [5.41, 5.74) is 2.12. The third-order valence-electron chi connectivity index (χ3n) is 3.71. The lowest BCUT2D eigenvalue weighted by molar-refractivity contribution is -0.116. The van der Waals surface area contributed by atoms with Gasteiger partial charge in [-0.3, -0.25) is 4.79 Å². The SMILES string of the molecule is CCc1ccc(CCC(=O)Nc2cc(S(C)(=O)=O)ccc2F)cc1. The van der Waals surface area contributed by atoms with E-state index in [1.54, 1.807) is 0 Å². The van der Waals surface area contributed by atoms with Crippen LogP contribution in [0.4, 0.5) is 10.1 Å². The van der Waals surface area contributed by atoms with Gasteiger partial charge in [-0.2, -0.15) is 0 Å². The van der Waals surface area contributed by atoms with Crippen LogP contribution in [-0.2, 0) is 27.5 Å². The van der Waals surface area contributed by atoms with Crippen molar-refractivity contribution in [3.63, 3.8) is 0 Å². The molecule has 0 saturated heterocycles. The molecule has 0 heterocycles. The number of rotatable bonds is 6. The highest BCUT2D eigenvalue weighted by Crippen LogP contribution is 2.20. The first-order valence-electron chi connectivity index (χ1n) is 7.67. The zero-order valence-electron chi connectivity index (χ0n) is 13.7. The van der Waals surface area contributed by atoms with Gasteiger partial charge in [0.25, 0.3) is 0 Å². The molecule has 0 aromatic heterocycles. The van der Waals surface area contributed by atoms with E-state index >= 15 is 0 Å². The first kappa shape index (κ1) is 18.1. The Morgan fingerprint density at radius 3 is 2.29 bits per heavy atom. The van der Waals surface area contributed by atoms with Crippen LogP contribution in [0.1, 0.15) is 24.5 Å². The topological polar surface area (TPSA) is 63.2 Å². The smallest absolute Gasteiger partial charge is 0.224 e. The molecule has 2 aromatic rings. The summed E-state index contributed by atoms with van der Waals surface area (Å²) in [5.74, 6) is -1.03. The Kier molecular flexibility index (Phi) is 5.72. The highest BCUT2D eigenvalue weighted by atomic mass is 32.2. The predicted molar refractivity (Wildman–Crippen MR) is 92.3 cm³/mol. The van der Waals surface area contributed by atoms with Gasteiger partial charge in [0.2, 0.25) is 5.91 Å². The Morgan fingerprint density at radius 2 is 1.71 bits per heavy atom. The van der Waals surface area contributed by atoms with Crippen molar-refractivity contribution < 1.29 is 17.6 Å². The second kappa shape index (κ2) is 7.57. The fourth-order valence-corrected chi connectivity index (χ4v) is 2.89. The molecule has 0 aliphatic heterocycles. The largest absolute Gasteiger partial charge is 0.324 e. The van der Waals surface area contributed by atoms with Crippen molar-refractivity contribution in [3.8, 4) is 0 Å². The van der Waals surface area contributed by atoms with E-state index in [0.29, 0.717) is 6.42 Å². The minimum absolute atomic E-state index is 0.0330. The second-order valence-electron chi connectivity index (χ2n) is 5.63. The highest BCUT2D eigenvalue weighted by molar-refractivity contribution is 7.90. The third-order valence-corrected chi connectivity index (χ3v) is 4.82. The van der Waals surface area contributed by atoms with Crippen molar-refractivity contribution in [1.82, 2.24) is 0 Å². The number of carbonyl (C=O) groups is 1. The monoisotopic (exact) mass is 349 g/mol. The van der Waals surface area contributed by atoms with Gasteiger partial charge in [0, 0.05) is 12.7 Å². The fourth-order valence-electron chi connectivity index (χ4n) is 2.24. The number of sulfone groups is 1. The first-order valence-corrected chi connectivity index (χ1v) is 9.56. The van der Waals surface area contributed by atoms with Gasteiger partial charge in [-0.1, -0.05) is 31.2 Å². The van der Waals surface area contributed by atoms with E-state index in [-0.39, 0.29) is 22.9 Å². The van der Waals surface area contributed by atoms with Crippen molar-refractivity contribution in [1.29, 1.82) is 0 Å². The van der Waals surface area contributed by atoms with Gasteiger partial charge in [0.15, 0.2) is 9.84 Å². The van der Waals surface area contributed by atoms with E-state index in [4.69, 9.17) is 0 Å². The van der Waals surface area contributed by atoms with E-state index in [1.807, 2.05) is 24.3 Å². The predicted octanol–water partition coefficient (Wildman–Crippen LogP) is 3.36. The number of hydrogen-bond donors (Lipinski definition) is 1. The zero-order chi connectivity index (χ0) is 17.7. The van der Waals surface area contributed by atoms with Crippen LogP contribution >= 0.6 is 0 Å². The highest BCUT2D eigenvalue weighted by Gasteiger charge is 2.13. The quantitative estimate of drug-likeness (QED) is 0.814. The summed E-state index contributed by atoms with van der Waals surface area (Å²) in [5, 5.41) is 2.44. The first-order chi connectivity index (χ1) is 11.3. The Morgan fingerprint density at radius 1 is 1.08 bits per heavy atom. The molecular formula is C18H20FNO3S. The van der Waals surface area contributed by atoms with E-state index in [0.717, 1.165) is 30.4 Å². The summed E-state index contributed by atoms with van der Waals surface area (Å²) in [6.07, 6.45) is 2.71. The van der Waals surface area contributed by atoms with E-state index in [1.165, 1.54) is 11.6 Å². The number of aryl methyl sites for hydroxylation is 2. The molecule has 0 spiro atoms. The number of carbonyl (C=O) groups excluding carboxylic acids is 1. The van der Waals surface area contributed by atoms with Gasteiger partial charge in [0.1, 0.15) is 5.82 Å². The number of halogens is 1. The van der Waals surface area contributed by atoms with Crippen LogP contribution in [0.5, 0.6) is 0 Å². The molecule has 0 atom stereocenters. The fraction of sp³-hybridized carbons (Fsp3) is 0.278. The zero-order valence-corrected chi connectivity index (χ0v) is 14.5. The summed E-state index contributed by atoms with van der Waals surface area (Å²) >= 11 is 0. The van der Waals surface area contributed by atoms with Crippen LogP contribution in [0.3, 0.4) is 0 Å². The average molecular weight is 349 g/mol. The third kappa shape index (κ3) is 4.89. The number of benzene rings is 2. The maximum absolute atomic E-state index is 13.8. The molecule has 24 heavy (non-hydrogen) atoms. The number of hydrogen-bond acceptors (Lipinski definition) is 3. The number of nitrogens with one attached hydrogen (secondary N) is 1. The van der Waals surface area contributed by atoms with Gasteiger partial charge in [-0.25, -0.2) is 12.8 Å². The van der Waals surface area contributed by atoms with Crippen molar-refractivity contribution >= 4 is 21.4 Å². The summed E-state index contributed by atoms with van der Waals surface area (Å²) in [4.78, 5) is 12.0. The standard InChI is InChI=1S/C18H20FNO3S/c1-3-13-4-6-14(7-5-13)8-11-18(21)20-17-12-15(24(2,22)23)9-10-16(17)19/h4-7,9-10,12H,3,8,11H2,1-2H3,(H,20,21). The number of anilines is 1. The molecule has 0 fully saturated rings. The molecule has 1 amide bonds. The molecule has 0 radical (unpaired) electrons. The van der Waals surface area contributed by atoms with Crippen LogP contribution < -0.4 is 5.32 Å². The van der Waals surface area contributed by atoms with Crippen LogP contribution in [0.15, 0.2) is 47.4 Å². The molecule has 0 bridgehead atoms. The van der Waals surface area contributed by atoms with E-state index in [9.17, 15) is 17.6 Å². The van der Waals surface area contributed by atoms with Crippen molar-refractivity contribution in [2.24, 2.45) is 0 Å². The molecule has 2 aromatic carbocycles. The molecule has 128 valence electrons. The lowest BCUT2D eigenvalue weighted by Crippen LogP contribution is -2.14. The second-order valence-corrected chi connectivity index (χ2v) is 7.65. The molecule has 1 N–H and O–H groups in total. The van der Waals surface area contributed by atoms with Gasteiger partial charge >= 0.3 is 0 Å².